The molecule has 4 aromatic rings. The van der Waals surface area contributed by atoms with E-state index in [-0.39, 0.29) is 12.4 Å². The second kappa shape index (κ2) is 10.5. The SMILES string of the molecule is C(=NNc1nc(Nc2ccccc2)nc(Nc2ccccc2)n1)c1ccccc1.Cl. The fraction of sp³-hybridized carbons (Fsp3) is 0. The van der Waals surface area contributed by atoms with E-state index in [1.165, 1.54) is 0 Å². The number of hydrogen-bond donors (Lipinski definition) is 3. The second-order valence-corrected chi connectivity index (χ2v) is 6.07. The highest BCUT2D eigenvalue weighted by Gasteiger charge is 2.07. The first-order valence-electron chi connectivity index (χ1n) is 9.09. The summed E-state index contributed by atoms with van der Waals surface area (Å²) in [7, 11) is 0. The molecule has 4 rings (SSSR count). The quantitative estimate of drug-likeness (QED) is 0.282. The van der Waals surface area contributed by atoms with Crippen molar-refractivity contribution in [3.8, 4) is 0 Å². The summed E-state index contributed by atoms with van der Waals surface area (Å²) in [5.74, 6) is 1.13. The molecule has 8 heteroatoms. The van der Waals surface area contributed by atoms with Crippen LogP contribution in [0, 0.1) is 0 Å². The van der Waals surface area contributed by atoms with E-state index in [1.807, 2.05) is 91.0 Å². The molecular weight excluding hydrogens is 398 g/mol. The van der Waals surface area contributed by atoms with Crippen molar-refractivity contribution in [2.75, 3.05) is 16.1 Å². The first-order chi connectivity index (χ1) is 14.3. The van der Waals surface area contributed by atoms with Gasteiger partial charge in [-0.2, -0.15) is 20.1 Å². The monoisotopic (exact) mass is 417 g/mol. The van der Waals surface area contributed by atoms with Crippen LogP contribution in [-0.2, 0) is 0 Å². The van der Waals surface area contributed by atoms with Crippen molar-refractivity contribution >= 4 is 47.8 Å². The van der Waals surface area contributed by atoms with Crippen LogP contribution in [0.2, 0.25) is 0 Å². The Morgan fingerprint density at radius 1 is 0.567 bits per heavy atom. The van der Waals surface area contributed by atoms with E-state index < -0.39 is 0 Å². The Kier molecular flexibility index (Phi) is 7.29. The van der Waals surface area contributed by atoms with Gasteiger partial charge in [0.05, 0.1) is 6.21 Å². The molecule has 30 heavy (non-hydrogen) atoms. The van der Waals surface area contributed by atoms with Crippen LogP contribution in [0.1, 0.15) is 5.56 Å². The minimum Gasteiger partial charge on any atom is -0.324 e. The van der Waals surface area contributed by atoms with Crippen molar-refractivity contribution < 1.29 is 0 Å². The Labute approximate surface area is 180 Å². The molecule has 0 saturated heterocycles. The average molecular weight is 418 g/mol. The van der Waals surface area contributed by atoms with Crippen LogP contribution in [0.4, 0.5) is 29.2 Å². The Bertz CT molecular complexity index is 1010. The van der Waals surface area contributed by atoms with Crippen molar-refractivity contribution in [2.24, 2.45) is 5.10 Å². The van der Waals surface area contributed by atoms with Gasteiger partial charge in [0.2, 0.25) is 17.8 Å². The molecule has 0 atom stereocenters. The van der Waals surface area contributed by atoms with Crippen LogP contribution in [-0.4, -0.2) is 21.2 Å². The maximum atomic E-state index is 4.45. The van der Waals surface area contributed by atoms with Gasteiger partial charge in [-0.15, -0.1) is 12.4 Å². The summed E-state index contributed by atoms with van der Waals surface area (Å²) in [5, 5.41) is 10.6. The number of halogens is 1. The second-order valence-electron chi connectivity index (χ2n) is 6.07. The predicted molar refractivity (Wildman–Crippen MR) is 124 cm³/mol. The lowest BCUT2D eigenvalue weighted by Gasteiger charge is -2.10. The molecule has 0 unspecified atom stereocenters. The van der Waals surface area contributed by atoms with Gasteiger partial charge >= 0.3 is 0 Å². The number of hydrogen-bond acceptors (Lipinski definition) is 7. The fourth-order valence-electron chi connectivity index (χ4n) is 2.54. The fourth-order valence-corrected chi connectivity index (χ4v) is 2.54. The first-order valence-corrected chi connectivity index (χ1v) is 9.09. The van der Waals surface area contributed by atoms with Gasteiger partial charge in [0, 0.05) is 11.4 Å². The maximum Gasteiger partial charge on any atom is 0.250 e. The van der Waals surface area contributed by atoms with Crippen molar-refractivity contribution in [3.05, 3.63) is 96.6 Å². The third-order valence-electron chi connectivity index (χ3n) is 3.87. The molecule has 0 amide bonds. The normalized spacial score (nSPS) is 10.3. The van der Waals surface area contributed by atoms with Gasteiger partial charge in [0.1, 0.15) is 0 Å². The van der Waals surface area contributed by atoms with E-state index in [0.29, 0.717) is 17.8 Å². The van der Waals surface area contributed by atoms with Gasteiger partial charge in [-0.1, -0.05) is 66.7 Å². The highest BCUT2D eigenvalue weighted by atomic mass is 35.5. The molecule has 3 N–H and O–H groups in total. The number of hydrazone groups is 1. The van der Waals surface area contributed by atoms with Crippen molar-refractivity contribution in [1.82, 2.24) is 15.0 Å². The standard InChI is InChI=1S/C22H19N7.ClH/c1-4-10-17(11-5-1)16-23-29-22-27-20(24-18-12-6-2-7-13-18)26-21(28-22)25-19-14-8-3-9-15-19;/h1-16H,(H3,24,25,26,27,28,29);1H. The molecule has 0 saturated carbocycles. The number of para-hydroxylation sites is 2. The minimum absolute atomic E-state index is 0. The minimum atomic E-state index is 0. The van der Waals surface area contributed by atoms with Crippen molar-refractivity contribution in [2.45, 2.75) is 0 Å². The zero-order valence-corrected chi connectivity index (χ0v) is 16.8. The predicted octanol–water partition coefficient (Wildman–Crippen LogP) is 5.23. The lowest BCUT2D eigenvalue weighted by atomic mass is 10.2. The highest BCUT2D eigenvalue weighted by molar-refractivity contribution is 5.85. The number of anilines is 5. The molecule has 0 aliphatic heterocycles. The first kappa shape index (κ1) is 20.8. The van der Waals surface area contributed by atoms with Gasteiger partial charge < -0.3 is 10.6 Å². The molecular formula is C22H20ClN7. The molecule has 0 radical (unpaired) electrons. The summed E-state index contributed by atoms with van der Waals surface area (Å²) in [5.41, 5.74) is 5.60. The topological polar surface area (TPSA) is 87.1 Å². The summed E-state index contributed by atoms with van der Waals surface area (Å²) >= 11 is 0. The number of benzene rings is 3. The van der Waals surface area contributed by atoms with Crippen LogP contribution in [0.15, 0.2) is 96.1 Å². The zero-order valence-electron chi connectivity index (χ0n) is 15.9. The Morgan fingerprint density at radius 2 is 1.00 bits per heavy atom. The van der Waals surface area contributed by atoms with Gasteiger partial charge in [-0.25, -0.2) is 5.43 Å². The van der Waals surface area contributed by atoms with Gasteiger partial charge in [0.15, 0.2) is 0 Å². The van der Waals surface area contributed by atoms with Crippen LogP contribution in [0.3, 0.4) is 0 Å². The van der Waals surface area contributed by atoms with Crippen LogP contribution in [0.25, 0.3) is 0 Å². The summed E-state index contributed by atoms with van der Waals surface area (Å²) in [6.45, 7) is 0. The summed E-state index contributed by atoms with van der Waals surface area (Å²) in [4.78, 5) is 13.3. The zero-order chi connectivity index (χ0) is 19.7. The van der Waals surface area contributed by atoms with Crippen LogP contribution >= 0.6 is 12.4 Å². The molecule has 150 valence electrons. The largest absolute Gasteiger partial charge is 0.324 e. The maximum absolute atomic E-state index is 4.45. The van der Waals surface area contributed by atoms with Gasteiger partial charge in [-0.3, -0.25) is 0 Å². The van der Waals surface area contributed by atoms with E-state index >= 15 is 0 Å². The average Bonchev–Trinajstić information content (AvgIpc) is 2.76. The number of nitrogens with one attached hydrogen (secondary N) is 3. The summed E-state index contributed by atoms with van der Waals surface area (Å²) in [6.07, 6.45) is 1.71. The third-order valence-corrected chi connectivity index (χ3v) is 3.87. The van der Waals surface area contributed by atoms with Crippen molar-refractivity contribution in [1.29, 1.82) is 0 Å². The number of nitrogens with zero attached hydrogens (tertiary/aromatic N) is 4. The molecule has 0 spiro atoms. The van der Waals surface area contributed by atoms with Crippen LogP contribution in [0.5, 0.6) is 0 Å². The van der Waals surface area contributed by atoms with Gasteiger partial charge in [-0.05, 0) is 29.8 Å². The summed E-state index contributed by atoms with van der Waals surface area (Å²) in [6, 6.07) is 29.2. The number of aromatic nitrogens is 3. The molecule has 0 aliphatic rings. The number of rotatable bonds is 7. The Morgan fingerprint density at radius 3 is 1.50 bits per heavy atom. The molecule has 1 aromatic heterocycles. The Hall–Kier alpha value is -3.97. The molecule has 0 aliphatic carbocycles. The summed E-state index contributed by atoms with van der Waals surface area (Å²) < 4.78 is 0. The molecule has 0 fully saturated rings. The Balaban J connectivity index is 0.00000256. The molecule has 7 nitrogen and oxygen atoms in total. The van der Waals surface area contributed by atoms with Crippen molar-refractivity contribution in [3.63, 3.8) is 0 Å². The lowest BCUT2D eigenvalue weighted by molar-refractivity contribution is 1.04. The van der Waals surface area contributed by atoms with Gasteiger partial charge in [0.25, 0.3) is 0 Å². The smallest absolute Gasteiger partial charge is 0.250 e. The third kappa shape index (κ3) is 6.02. The van der Waals surface area contributed by atoms with E-state index in [2.05, 4.69) is 36.1 Å². The molecule has 0 bridgehead atoms. The van der Waals surface area contributed by atoms with E-state index in [9.17, 15) is 0 Å². The molecule has 1 heterocycles. The van der Waals surface area contributed by atoms with Crippen LogP contribution < -0.4 is 16.1 Å². The molecule has 3 aromatic carbocycles. The van der Waals surface area contributed by atoms with E-state index in [0.717, 1.165) is 16.9 Å². The van der Waals surface area contributed by atoms with E-state index in [1.54, 1.807) is 6.21 Å². The lowest BCUT2D eigenvalue weighted by Crippen LogP contribution is -2.07. The highest BCUT2D eigenvalue weighted by Crippen LogP contribution is 2.18. The van der Waals surface area contributed by atoms with E-state index in [4.69, 9.17) is 0 Å².